The first kappa shape index (κ1) is 23.1. The van der Waals surface area contributed by atoms with Gasteiger partial charge in [-0.3, -0.25) is 0 Å². The summed E-state index contributed by atoms with van der Waals surface area (Å²) in [4.78, 5) is 17.0. The maximum Gasteiger partial charge on any atom is 0.335 e. The van der Waals surface area contributed by atoms with E-state index in [1.165, 1.54) is 17.5 Å². The molecule has 31 heavy (non-hydrogen) atoms. The minimum atomic E-state index is -0.932. The lowest BCUT2D eigenvalue weighted by Crippen LogP contribution is -2.34. The Kier molecular flexibility index (Phi) is 6.59. The highest BCUT2D eigenvalue weighted by molar-refractivity contribution is 6.14. The standard InChI is InChI=1S/C27H35NO3/c1-7-8-15-31-28-24(19-9-11-20(12-10-19)25(29)30)21-17-23-22(16-18(21)2)26(3,4)13-14-27(23,5)6/h9-12,16-17H,7-8,13-15H2,1-6H3,(H,29,30)/b28-24+. The molecule has 0 saturated heterocycles. The number of benzene rings is 2. The fourth-order valence-electron chi connectivity index (χ4n) is 4.32. The first-order valence-corrected chi connectivity index (χ1v) is 11.3. The average molecular weight is 422 g/mol. The van der Waals surface area contributed by atoms with Crippen LogP contribution in [0, 0.1) is 6.92 Å². The van der Waals surface area contributed by atoms with Crippen molar-refractivity contribution >= 4 is 11.7 Å². The molecule has 1 aliphatic carbocycles. The van der Waals surface area contributed by atoms with Crippen LogP contribution >= 0.6 is 0 Å². The third-order valence-corrected chi connectivity index (χ3v) is 6.60. The largest absolute Gasteiger partial charge is 0.478 e. The predicted molar refractivity (Wildman–Crippen MR) is 126 cm³/mol. The van der Waals surface area contributed by atoms with Crippen molar-refractivity contribution in [1.82, 2.24) is 0 Å². The van der Waals surface area contributed by atoms with Gasteiger partial charge in [-0.1, -0.05) is 64.4 Å². The van der Waals surface area contributed by atoms with Crippen molar-refractivity contribution in [3.05, 3.63) is 69.8 Å². The van der Waals surface area contributed by atoms with Crippen molar-refractivity contribution in [2.75, 3.05) is 6.61 Å². The van der Waals surface area contributed by atoms with E-state index in [1.54, 1.807) is 12.1 Å². The summed E-state index contributed by atoms with van der Waals surface area (Å²) < 4.78 is 0. The van der Waals surface area contributed by atoms with Crippen molar-refractivity contribution in [2.24, 2.45) is 5.16 Å². The second kappa shape index (κ2) is 8.86. The molecule has 0 aromatic heterocycles. The Balaban J connectivity index is 2.14. The van der Waals surface area contributed by atoms with Crippen LogP contribution in [0.5, 0.6) is 0 Å². The lowest BCUT2D eigenvalue weighted by atomic mass is 9.62. The second-order valence-corrected chi connectivity index (χ2v) is 9.99. The second-order valence-electron chi connectivity index (χ2n) is 9.99. The molecule has 166 valence electrons. The summed E-state index contributed by atoms with van der Waals surface area (Å²) in [6.07, 6.45) is 4.30. The molecule has 0 radical (unpaired) electrons. The molecule has 0 spiro atoms. The molecular weight excluding hydrogens is 386 g/mol. The number of unbranched alkanes of at least 4 members (excludes halogenated alkanes) is 1. The first-order valence-electron chi connectivity index (χ1n) is 11.3. The molecule has 0 amide bonds. The molecule has 1 N–H and O–H groups in total. The van der Waals surface area contributed by atoms with Crippen molar-refractivity contribution < 1.29 is 14.7 Å². The van der Waals surface area contributed by atoms with E-state index in [-0.39, 0.29) is 16.4 Å². The van der Waals surface area contributed by atoms with E-state index >= 15 is 0 Å². The van der Waals surface area contributed by atoms with E-state index in [4.69, 9.17) is 4.84 Å². The molecule has 0 atom stereocenters. The molecule has 4 nitrogen and oxygen atoms in total. The van der Waals surface area contributed by atoms with Crippen LogP contribution in [0.1, 0.15) is 98.5 Å². The van der Waals surface area contributed by atoms with Gasteiger partial charge >= 0.3 is 5.97 Å². The molecule has 2 aromatic carbocycles. The molecular formula is C27H35NO3. The van der Waals surface area contributed by atoms with Gasteiger partial charge < -0.3 is 9.94 Å². The van der Waals surface area contributed by atoms with Gasteiger partial charge in [-0.05, 0) is 71.9 Å². The number of aryl methyl sites for hydroxylation is 1. The third kappa shape index (κ3) is 4.84. The van der Waals surface area contributed by atoms with E-state index < -0.39 is 5.97 Å². The van der Waals surface area contributed by atoms with E-state index in [0.717, 1.165) is 41.7 Å². The summed E-state index contributed by atoms with van der Waals surface area (Å²) >= 11 is 0. The maximum atomic E-state index is 11.3. The van der Waals surface area contributed by atoms with Crippen LogP contribution < -0.4 is 0 Å². The Morgan fingerprint density at radius 2 is 1.55 bits per heavy atom. The van der Waals surface area contributed by atoms with Gasteiger partial charge in [0.2, 0.25) is 0 Å². The Morgan fingerprint density at radius 3 is 2.10 bits per heavy atom. The van der Waals surface area contributed by atoms with Crippen LogP contribution in [-0.4, -0.2) is 23.4 Å². The lowest BCUT2D eigenvalue weighted by molar-refractivity contribution is 0.0697. The van der Waals surface area contributed by atoms with Gasteiger partial charge in [-0.15, -0.1) is 0 Å². The topological polar surface area (TPSA) is 58.9 Å². The fourth-order valence-corrected chi connectivity index (χ4v) is 4.32. The number of carbonyl (C=O) groups is 1. The zero-order valence-corrected chi connectivity index (χ0v) is 19.7. The molecule has 4 heteroatoms. The van der Waals surface area contributed by atoms with E-state index in [2.05, 4.69) is 58.8 Å². The molecule has 0 heterocycles. The number of carboxylic acid groups (broad SMARTS) is 1. The maximum absolute atomic E-state index is 11.3. The average Bonchev–Trinajstić information content (AvgIpc) is 2.72. The number of hydrogen-bond acceptors (Lipinski definition) is 3. The van der Waals surface area contributed by atoms with Crippen molar-refractivity contribution in [3.8, 4) is 0 Å². The highest BCUT2D eigenvalue weighted by atomic mass is 16.6. The molecule has 0 fully saturated rings. The van der Waals surface area contributed by atoms with Crippen LogP contribution in [0.15, 0.2) is 41.6 Å². The van der Waals surface area contributed by atoms with Crippen LogP contribution in [0.3, 0.4) is 0 Å². The van der Waals surface area contributed by atoms with Gasteiger partial charge in [0.05, 0.1) is 5.56 Å². The third-order valence-electron chi connectivity index (χ3n) is 6.60. The van der Waals surface area contributed by atoms with Gasteiger partial charge in [0.1, 0.15) is 12.3 Å². The molecule has 0 saturated carbocycles. The summed E-state index contributed by atoms with van der Waals surface area (Å²) in [6, 6.07) is 11.5. The molecule has 0 unspecified atom stereocenters. The summed E-state index contributed by atoms with van der Waals surface area (Å²) in [5.41, 5.74) is 7.10. The van der Waals surface area contributed by atoms with Gasteiger partial charge in [-0.25, -0.2) is 4.79 Å². The SMILES string of the molecule is CCCCO/N=C(\c1ccc(C(=O)O)cc1)c1cc2c(cc1C)C(C)(C)CCC2(C)C. The Morgan fingerprint density at radius 1 is 1.00 bits per heavy atom. The van der Waals surface area contributed by atoms with Crippen LogP contribution in [-0.2, 0) is 15.7 Å². The van der Waals surface area contributed by atoms with Gasteiger partial charge in [0, 0.05) is 11.1 Å². The number of aromatic carboxylic acids is 1. The zero-order chi connectivity index (χ0) is 22.8. The summed E-state index contributed by atoms with van der Waals surface area (Å²) in [7, 11) is 0. The molecule has 0 aliphatic heterocycles. The summed E-state index contributed by atoms with van der Waals surface area (Å²) in [6.45, 7) is 14.1. The van der Waals surface area contributed by atoms with Crippen molar-refractivity contribution in [1.29, 1.82) is 0 Å². The first-order chi connectivity index (χ1) is 14.6. The van der Waals surface area contributed by atoms with Crippen LogP contribution in [0.25, 0.3) is 0 Å². The number of oxime groups is 1. The predicted octanol–water partition coefficient (Wildman–Crippen LogP) is 6.61. The summed E-state index contributed by atoms with van der Waals surface area (Å²) in [5.74, 6) is -0.932. The Hall–Kier alpha value is -2.62. The minimum Gasteiger partial charge on any atom is -0.478 e. The van der Waals surface area contributed by atoms with Gasteiger partial charge in [-0.2, -0.15) is 0 Å². The number of nitrogens with zero attached hydrogens (tertiary/aromatic N) is 1. The highest BCUT2D eigenvalue weighted by Crippen LogP contribution is 2.46. The highest BCUT2D eigenvalue weighted by Gasteiger charge is 2.37. The van der Waals surface area contributed by atoms with Crippen molar-refractivity contribution in [2.45, 2.75) is 78.1 Å². The monoisotopic (exact) mass is 421 g/mol. The number of rotatable bonds is 7. The van der Waals surface area contributed by atoms with Gasteiger partial charge in [0.15, 0.2) is 0 Å². The van der Waals surface area contributed by atoms with Gasteiger partial charge in [0.25, 0.3) is 0 Å². The quantitative estimate of drug-likeness (QED) is 0.311. The van der Waals surface area contributed by atoms with Crippen LogP contribution in [0.2, 0.25) is 0 Å². The lowest BCUT2D eigenvalue weighted by Gasteiger charge is -2.42. The Bertz CT molecular complexity index is 984. The van der Waals surface area contributed by atoms with E-state index in [9.17, 15) is 9.90 Å². The normalized spacial score (nSPS) is 17.2. The molecule has 3 rings (SSSR count). The molecule has 1 aliphatic rings. The van der Waals surface area contributed by atoms with Crippen molar-refractivity contribution in [3.63, 3.8) is 0 Å². The van der Waals surface area contributed by atoms with E-state index in [0.29, 0.717) is 6.61 Å². The Labute approximate surface area is 186 Å². The van der Waals surface area contributed by atoms with Crippen LogP contribution in [0.4, 0.5) is 0 Å². The molecule has 2 aromatic rings. The smallest absolute Gasteiger partial charge is 0.335 e. The summed E-state index contributed by atoms with van der Waals surface area (Å²) in [5, 5.41) is 13.8. The number of fused-ring (bicyclic) bond motifs is 1. The van der Waals surface area contributed by atoms with E-state index in [1.807, 2.05) is 12.1 Å². The number of hydrogen-bond donors (Lipinski definition) is 1. The zero-order valence-electron chi connectivity index (χ0n) is 19.7. The fraction of sp³-hybridized carbons (Fsp3) is 0.481. The molecule has 0 bridgehead atoms. The number of carboxylic acids is 1. The minimum absolute atomic E-state index is 0.0919.